The summed E-state index contributed by atoms with van der Waals surface area (Å²) < 4.78 is 5.72. The summed E-state index contributed by atoms with van der Waals surface area (Å²) in [5, 5.41) is 9.61. The van der Waals surface area contributed by atoms with E-state index in [1.165, 1.54) is 49.7 Å². The number of carbonyl (C=O) groups excluding carboxylic acids is 1. The Kier molecular flexibility index (Phi) is 10.7. The Morgan fingerprint density at radius 3 is 2.18 bits per heavy atom. The molecule has 1 fully saturated rings. The molecule has 0 N–H and O–H groups in total. The molecule has 0 aliphatic heterocycles. The van der Waals surface area contributed by atoms with Gasteiger partial charge in [0.05, 0.1) is 11.5 Å². The van der Waals surface area contributed by atoms with Gasteiger partial charge in [-0.05, 0) is 79.7 Å². The van der Waals surface area contributed by atoms with Gasteiger partial charge in [-0.3, -0.25) is 4.79 Å². The fourth-order valence-electron chi connectivity index (χ4n) is 5.07. The number of rotatable bonds is 12. The van der Waals surface area contributed by atoms with Gasteiger partial charge in [-0.15, -0.1) is 0 Å². The minimum absolute atomic E-state index is 0.0786. The Hall–Kier alpha value is -2.60. The smallest absolute Gasteiger partial charge is 0.314 e. The number of aryl methyl sites for hydroxylation is 2. The third-order valence-electron chi connectivity index (χ3n) is 7.36. The second-order valence-electron chi connectivity index (χ2n) is 9.88. The number of carbonyl (C=O) groups is 1. The second-order valence-corrected chi connectivity index (χ2v) is 9.88. The molecule has 0 aromatic heterocycles. The molecule has 0 saturated heterocycles. The van der Waals surface area contributed by atoms with Crippen LogP contribution >= 0.6 is 0 Å². The van der Waals surface area contributed by atoms with Crippen molar-refractivity contribution in [3.8, 4) is 11.8 Å². The van der Waals surface area contributed by atoms with E-state index in [-0.39, 0.29) is 11.9 Å². The van der Waals surface area contributed by atoms with Crippen LogP contribution in [-0.2, 0) is 17.6 Å². The molecule has 0 bridgehead atoms. The highest BCUT2D eigenvalue weighted by atomic mass is 16.5. The zero-order chi connectivity index (χ0) is 24.2. The second kappa shape index (κ2) is 14.0. The first-order valence-electron chi connectivity index (χ1n) is 13.5. The number of ether oxygens (including phenoxy) is 1. The van der Waals surface area contributed by atoms with Gasteiger partial charge in [-0.25, -0.2) is 0 Å². The predicted molar refractivity (Wildman–Crippen MR) is 139 cm³/mol. The molecule has 0 spiro atoms. The standard InChI is InChI=1S/C31H41NO2/c1-3-5-6-7-8-9-10-11-25-14-21-30(29(22-25)23-32)34-31(33)28-19-17-27(18-20-28)26-15-12-24(4-2)13-16-26/h12-16,21-22,27-28H,3-11,17-20H2,1-2H3. The van der Waals surface area contributed by atoms with Gasteiger partial charge in [-0.2, -0.15) is 5.26 Å². The molecule has 0 atom stereocenters. The number of esters is 1. The van der Waals surface area contributed by atoms with Crippen LogP contribution in [0.4, 0.5) is 0 Å². The van der Waals surface area contributed by atoms with Crippen molar-refractivity contribution in [1.82, 2.24) is 0 Å². The average Bonchev–Trinajstić information content (AvgIpc) is 2.89. The molecule has 2 aromatic carbocycles. The lowest BCUT2D eigenvalue weighted by molar-refractivity contribution is -0.140. The molecule has 1 aliphatic rings. The maximum absolute atomic E-state index is 12.8. The molecule has 182 valence electrons. The van der Waals surface area contributed by atoms with Crippen LogP contribution in [-0.4, -0.2) is 5.97 Å². The van der Waals surface area contributed by atoms with Crippen molar-refractivity contribution in [3.05, 3.63) is 64.7 Å². The fraction of sp³-hybridized carbons (Fsp3) is 0.548. The van der Waals surface area contributed by atoms with E-state index in [1.807, 2.05) is 18.2 Å². The number of unbranched alkanes of at least 4 members (excludes halogenated alkanes) is 6. The van der Waals surface area contributed by atoms with E-state index in [2.05, 4.69) is 44.2 Å². The molecule has 1 aliphatic carbocycles. The van der Waals surface area contributed by atoms with Crippen molar-refractivity contribution in [1.29, 1.82) is 5.26 Å². The summed E-state index contributed by atoms with van der Waals surface area (Å²) in [6.45, 7) is 4.42. The fourth-order valence-corrected chi connectivity index (χ4v) is 5.07. The Labute approximate surface area is 206 Å². The Bertz CT molecular complexity index is 933. The molecule has 3 rings (SSSR count). The predicted octanol–water partition coefficient (Wildman–Crippen LogP) is 8.29. The lowest BCUT2D eigenvalue weighted by atomic mass is 9.78. The van der Waals surface area contributed by atoms with Gasteiger partial charge in [0.15, 0.2) is 0 Å². The molecule has 1 saturated carbocycles. The van der Waals surface area contributed by atoms with Crippen LogP contribution in [0.25, 0.3) is 0 Å². The van der Waals surface area contributed by atoms with Crippen LogP contribution in [0.1, 0.15) is 113 Å². The first kappa shape index (κ1) is 26.0. The first-order chi connectivity index (χ1) is 16.6. The van der Waals surface area contributed by atoms with Crippen molar-refractivity contribution in [2.75, 3.05) is 0 Å². The Balaban J connectivity index is 1.46. The minimum Gasteiger partial charge on any atom is -0.425 e. The van der Waals surface area contributed by atoms with E-state index >= 15 is 0 Å². The highest BCUT2D eigenvalue weighted by molar-refractivity contribution is 5.76. The molecular weight excluding hydrogens is 418 g/mol. The topological polar surface area (TPSA) is 50.1 Å². The molecule has 2 aromatic rings. The van der Waals surface area contributed by atoms with Crippen LogP contribution in [0, 0.1) is 17.2 Å². The van der Waals surface area contributed by atoms with E-state index in [0.29, 0.717) is 17.2 Å². The summed E-state index contributed by atoms with van der Waals surface area (Å²) in [6, 6.07) is 16.9. The van der Waals surface area contributed by atoms with Crippen LogP contribution in [0.2, 0.25) is 0 Å². The summed E-state index contributed by atoms with van der Waals surface area (Å²) in [5.74, 6) is 0.671. The number of benzene rings is 2. The first-order valence-corrected chi connectivity index (χ1v) is 13.5. The Morgan fingerprint density at radius 2 is 1.53 bits per heavy atom. The quantitative estimate of drug-likeness (QED) is 0.182. The molecule has 0 amide bonds. The number of nitrogens with zero attached hydrogens (tertiary/aromatic N) is 1. The van der Waals surface area contributed by atoms with Gasteiger partial charge >= 0.3 is 5.97 Å². The summed E-state index contributed by atoms with van der Waals surface area (Å²) in [7, 11) is 0. The van der Waals surface area contributed by atoms with E-state index < -0.39 is 0 Å². The lowest BCUT2D eigenvalue weighted by Gasteiger charge is -2.27. The van der Waals surface area contributed by atoms with Gasteiger partial charge in [-0.1, -0.05) is 82.7 Å². The highest BCUT2D eigenvalue weighted by Crippen LogP contribution is 2.36. The Morgan fingerprint density at radius 1 is 0.882 bits per heavy atom. The summed E-state index contributed by atoms with van der Waals surface area (Å²) in [6.07, 6.45) is 14.7. The maximum Gasteiger partial charge on any atom is 0.314 e. The summed E-state index contributed by atoms with van der Waals surface area (Å²) in [4.78, 5) is 12.8. The van der Waals surface area contributed by atoms with Crippen molar-refractivity contribution >= 4 is 5.97 Å². The third kappa shape index (κ3) is 7.73. The summed E-state index contributed by atoms with van der Waals surface area (Å²) >= 11 is 0. The zero-order valence-corrected chi connectivity index (χ0v) is 21.2. The van der Waals surface area contributed by atoms with Crippen LogP contribution < -0.4 is 4.74 Å². The van der Waals surface area contributed by atoms with Gasteiger partial charge in [0.1, 0.15) is 11.8 Å². The molecule has 3 heteroatoms. The number of nitriles is 1. The number of hydrogen-bond acceptors (Lipinski definition) is 3. The van der Waals surface area contributed by atoms with E-state index in [0.717, 1.165) is 50.5 Å². The molecule has 0 radical (unpaired) electrons. The van der Waals surface area contributed by atoms with E-state index in [4.69, 9.17) is 4.74 Å². The molecule has 0 heterocycles. The van der Waals surface area contributed by atoms with Crippen LogP contribution in [0.15, 0.2) is 42.5 Å². The van der Waals surface area contributed by atoms with Gasteiger partial charge < -0.3 is 4.74 Å². The summed E-state index contributed by atoms with van der Waals surface area (Å²) in [5.41, 5.74) is 4.37. The van der Waals surface area contributed by atoms with Crippen molar-refractivity contribution in [2.45, 2.75) is 103 Å². The maximum atomic E-state index is 12.8. The molecular formula is C31H41NO2. The van der Waals surface area contributed by atoms with E-state index in [1.54, 1.807) is 0 Å². The third-order valence-corrected chi connectivity index (χ3v) is 7.36. The van der Waals surface area contributed by atoms with Crippen LogP contribution in [0.3, 0.4) is 0 Å². The lowest BCUT2D eigenvalue weighted by Crippen LogP contribution is -2.25. The molecule has 0 unspecified atom stereocenters. The zero-order valence-electron chi connectivity index (χ0n) is 21.2. The normalized spacial score (nSPS) is 17.8. The van der Waals surface area contributed by atoms with Crippen molar-refractivity contribution in [2.24, 2.45) is 5.92 Å². The van der Waals surface area contributed by atoms with Crippen molar-refractivity contribution in [3.63, 3.8) is 0 Å². The van der Waals surface area contributed by atoms with Crippen molar-refractivity contribution < 1.29 is 9.53 Å². The monoisotopic (exact) mass is 459 g/mol. The largest absolute Gasteiger partial charge is 0.425 e. The van der Waals surface area contributed by atoms with Gasteiger partial charge in [0, 0.05) is 0 Å². The van der Waals surface area contributed by atoms with Gasteiger partial charge in [0.25, 0.3) is 0 Å². The average molecular weight is 460 g/mol. The van der Waals surface area contributed by atoms with Gasteiger partial charge in [0.2, 0.25) is 0 Å². The number of hydrogen-bond donors (Lipinski definition) is 0. The minimum atomic E-state index is -0.184. The van der Waals surface area contributed by atoms with E-state index in [9.17, 15) is 10.1 Å². The highest BCUT2D eigenvalue weighted by Gasteiger charge is 2.29. The molecule has 3 nitrogen and oxygen atoms in total. The van der Waals surface area contributed by atoms with Crippen LogP contribution in [0.5, 0.6) is 5.75 Å². The molecule has 34 heavy (non-hydrogen) atoms. The SMILES string of the molecule is CCCCCCCCCc1ccc(OC(=O)C2CCC(c3ccc(CC)cc3)CC2)c(C#N)c1.